The highest BCUT2D eigenvalue weighted by molar-refractivity contribution is 6.04. The van der Waals surface area contributed by atoms with E-state index >= 15 is 0 Å². The van der Waals surface area contributed by atoms with E-state index in [9.17, 15) is 30.0 Å². The van der Waals surface area contributed by atoms with E-state index in [2.05, 4.69) is 6.58 Å². The third kappa shape index (κ3) is 2.39. The van der Waals surface area contributed by atoms with Crippen LogP contribution in [0.2, 0.25) is 0 Å². The molecule has 7 nitrogen and oxygen atoms in total. The van der Waals surface area contributed by atoms with Gasteiger partial charge in [0.1, 0.15) is 0 Å². The van der Waals surface area contributed by atoms with E-state index in [4.69, 9.17) is 4.74 Å². The molecular weight excluding hydrogens is 376 g/mol. The Bertz CT molecular complexity index is 764. The molecule has 0 aromatic carbocycles. The van der Waals surface area contributed by atoms with Crippen LogP contribution in [0.3, 0.4) is 0 Å². The third-order valence-corrected chi connectivity index (χ3v) is 9.09. The predicted molar refractivity (Wildman–Crippen MR) is 102 cm³/mol. The van der Waals surface area contributed by atoms with Gasteiger partial charge in [0, 0.05) is 18.3 Å². The highest BCUT2D eigenvalue weighted by Crippen LogP contribution is 2.71. The predicted octanol–water partition coefficient (Wildman–Crippen LogP) is 0.581. The van der Waals surface area contributed by atoms with Crippen LogP contribution >= 0.6 is 0 Å². The Balaban J connectivity index is 1.82. The maximum atomic E-state index is 13.3. The smallest absolute Gasteiger partial charge is 0.302 e. The highest BCUT2D eigenvalue weighted by atomic mass is 16.5. The van der Waals surface area contributed by atoms with E-state index in [0.717, 1.165) is 0 Å². The molecule has 10 atom stereocenters. The average molecular weight is 408 g/mol. The number of hydrogen-bond acceptors (Lipinski definition) is 7. The van der Waals surface area contributed by atoms with Crippen molar-refractivity contribution in [1.82, 2.24) is 0 Å². The van der Waals surface area contributed by atoms with Crippen LogP contribution in [0.15, 0.2) is 12.2 Å². The maximum absolute atomic E-state index is 13.3. The van der Waals surface area contributed by atoms with E-state index in [1.54, 1.807) is 0 Å². The minimum absolute atomic E-state index is 0.0184. The van der Waals surface area contributed by atoms with Crippen molar-refractivity contribution in [1.29, 1.82) is 0 Å². The van der Waals surface area contributed by atoms with E-state index < -0.39 is 58.5 Å². The van der Waals surface area contributed by atoms with Crippen LogP contribution in [-0.4, -0.2) is 63.2 Å². The number of carbonyl (C=O) groups excluding carboxylic acids is 2. The molecule has 4 aliphatic rings. The second-order valence-electron chi connectivity index (χ2n) is 10.3. The van der Waals surface area contributed by atoms with Crippen molar-refractivity contribution in [3.8, 4) is 0 Å². The number of aliphatic hydroxyl groups is 4. The summed E-state index contributed by atoms with van der Waals surface area (Å²) in [6.07, 6.45) is -2.37. The summed E-state index contributed by atoms with van der Waals surface area (Å²) in [5.74, 6) is -2.22. The van der Waals surface area contributed by atoms with Crippen LogP contribution in [0.5, 0.6) is 0 Å². The Morgan fingerprint density at radius 3 is 2.41 bits per heavy atom. The first kappa shape index (κ1) is 21.0. The zero-order chi connectivity index (χ0) is 21.5. The van der Waals surface area contributed by atoms with Gasteiger partial charge in [-0.05, 0) is 48.5 Å². The summed E-state index contributed by atoms with van der Waals surface area (Å²) in [7, 11) is 0. The molecule has 29 heavy (non-hydrogen) atoms. The molecular formula is C22H32O7. The molecule has 4 N–H and O–H groups in total. The quantitative estimate of drug-likeness (QED) is 0.389. The summed E-state index contributed by atoms with van der Waals surface area (Å²) in [5, 5.41) is 44.0. The normalized spacial score (nSPS) is 54.0. The molecule has 0 saturated heterocycles. The van der Waals surface area contributed by atoms with Crippen molar-refractivity contribution < 1.29 is 34.8 Å². The summed E-state index contributed by atoms with van der Waals surface area (Å²) in [4.78, 5) is 24.8. The molecule has 4 aliphatic carbocycles. The van der Waals surface area contributed by atoms with Crippen LogP contribution in [0.1, 0.15) is 46.5 Å². The van der Waals surface area contributed by atoms with Gasteiger partial charge in [-0.3, -0.25) is 9.59 Å². The Labute approximate surface area is 170 Å². The van der Waals surface area contributed by atoms with Crippen LogP contribution in [-0.2, 0) is 14.3 Å². The number of ketones is 1. The molecule has 7 heteroatoms. The molecule has 1 spiro atoms. The standard InChI is InChI=1S/C22H32O7/c1-10-17-12(24)7-14-20(3)6-5-15(25)21(4,9-29-11(2)23)13(20)8-16(26)22(14,18(10)27)19(17)28/h12-17,19,24-26,28H,1,5-9H2,2-4H3/t12-,13-,14-,15-,16+,17+,19+,20+,21-,22-/m0/s1. The van der Waals surface area contributed by atoms with Gasteiger partial charge in [-0.2, -0.15) is 0 Å². The first-order chi connectivity index (χ1) is 13.4. The number of fused-ring (bicyclic) bond motifs is 3. The van der Waals surface area contributed by atoms with Gasteiger partial charge in [0.25, 0.3) is 0 Å². The zero-order valence-corrected chi connectivity index (χ0v) is 17.3. The van der Waals surface area contributed by atoms with Crippen molar-refractivity contribution in [2.75, 3.05) is 6.61 Å². The second kappa shape index (κ2) is 6.36. The van der Waals surface area contributed by atoms with Gasteiger partial charge in [-0.25, -0.2) is 0 Å². The molecule has 0 amide bonds. The van der Waals surface area contributed by atoms with Gasteiger partial charge < -0.3 is 25.2 Å². The molecule has 0 heterocycles. The van der Waals surface area contributed by atoms with E-state index in [0.29, 0.717) is 12.8 Å². The molecule has 4 rings (SSSR count). The largest absolute Gasteiger partial charge is 0.465 e. The lowest BCUT2D eigenvalue weighted by Gasteiger charge is -2.66. The lowest BCUT2D eigenvalue weighted by Crippen LogP contribution is -2.70. The van der Waals surface area contributed by atoms with Crippen LogP contribution in [0, 0.1) is 34.0 Å². The molecule has 2 bridgehead atoms. The Kier molecular flexibility index (Phi) is 4.60. The van der Waals surface area contributed by atoms with Gasteiger partial charge in [-0.15, -0.1) is 0 Å². The van der Waals surface area contributed by atoms with Crippen molar-refractivity contribution in [2.45, 2.75) is 70.9 Å². The fourth-order valence-electron chi connectivity index (χ4n) is 7.60. The molecule has 4 fully saturated rings. The maximum Gasteiger partial charge on any atom is 0.302 e. The lowest BCUT2D eigenvalue weighted by atomic mass is 9.39. The number of rotatable bonds is 2. The fourth-order valence-corrected chi connectivity index (χ4v) is 7.60. The number of esters is 1. The van der Waals surface area contributed by atoms with Crippen LogP contribution in [0.4, 0.5) is 0 Å². The molecule has 162 valence electrons. The van der Waals surface area contributed by atoms with Gasteiger partial charge in [0.05, 0.1) is 36.4 Å². The number of hydrogen-bond donors (Lipinski definition) is 4. The average Bonchev–Trinajstić information content (AvgIpc) is 2.78. The van der Waals surface area contributed by atoms with Gasteiger partial charge in [-0.1, -0.05) is 20.4 Å². The van der Waals surface area contributed by atoms with Crippen molar-refractivity contribution >= 4 is 11.8 Å². The van der Waals surface area contributed by atoms with Crippen LogP contribution in [0.25, 0.3) is 0 Å². The molecule has 0 aromatic rings. The summed E-state index contributed by atoms with van der Waals surface area (Å²) in [6, 6.07) is 0. The van der Waals surface area contributed by atoms with Gasteiger partial charge in [0.2, 0.25) is 0 Å². The molecule has 0 unspecified atom stereocenters. The minimum Gasteiger partial charge on any atom is -0.465 e. The van der Waals surface area contributed by atoms with Gasteiger partial charge in [0.15, 0.2) is 5.78 Å². The first-order valence-corrected chi connectivity index (χ1v) is 10.5. The minimum atomic E-state index is -1.36. The number of Topliss-reactive ketones (excluding diaryl/α,β-unsaturated/α-hetero) is 1. The second-order valence-corrected chi connectivity index (χ2v) is 10.3. The Morgan fingerprint density at radius 2 is 1.79 bits per heavy atom. The Hall–Kier alpha value is -1.28. The topological polar surface area (TPSA) is 124 Å². The van der Waals surface area contributed by atoms with E-state index in [1.165, 1.54) is 6.92 Å². The monoisotopic (exact) mass is 408 g/mol. The molecule has 4 saturated carbocycles. The summed E-state index contributed by atoms with van der Waals surface area (Å²) in [6.45, 7) is 9.07. The van der Waals surface area contributed by atoms with Gasteiger partial charge >= 0.3 is 5.97 Å². The highest BCUT2D eigenvalue weighted by Gasteiger charge is 2.76. The molecule has 0 aromatic heterocycles. The number of carbonyl (C=O) groups is 2. The van der Waals surface area contributed by atoms with Crippen molar-refractivity contribution in [3.63, 3.8) is 0 Å². The number of ether oxygens (including phenoxy) is 1. The summed E-state index contributed by atoms with van der Waals surface area (Å²) in [5.41, 5.74) is -2.49. The Morgan fingerprint density at radius 1 is 1.14 bits per heavy atom. The first-order valence-electron chi connectivity index (χ1n) is 10.5. The summed E-state index contributed by atoms with van der Waals surface area (Å²) >= 11 is 0. The van der Waals surface area contributed by atoms with Crippen LogP contribution < -0.4 is 0 Å². The lowest BCUT2D eigenvalue weighted by molar-refractivity contribution is -0.257. The fraction of sp³-hybridized carbons (Fsp3) is 0.818. The van der Waals surface area contributed by atoms with Crippen molar-refractivity contribution in [2.24, 2.45) is 34.0 Å². The molecule has 0 radical (unpaired) electrons. The summed E-state index contributed by atoms with van der Waals surface area (Å²) < 4.78 is 5.30. The number of aliphatic hydroxyl groups excluding tert-OH is 4. The SMILES string of the molecule is C=C1C(=O)[C@@]23[C@H](O)C[C@@H]4[C@](C)(COC(C)=O)[C@@H](O)CC[C@@]4(C)[C@@H]2C[C@H](O)[C@@H]1[C@H]3O. The van der Waals surface area contributed by atoms with Crippen molar-refractivity contribution in [3.05, 3.63) is 12.2 Å². The van der Waals surface area contributed by atoms with E-state index in [1.807, 2.05) is 13.8 Å². The third-order valence-electron chi connectivity index (χ3n) is 9.09. The van der Waals surface area contributed by atoms with E-state index in [-0.39, 0.29) is 36.7 Å². The zero-order valence-electron chi connectivity index (χ0n) is 17.3. The molecule has 0 aliphatic heterocycles.